The predicted octanol–water partition coefficient (Wildman–Crippen LogP) is 0.0459. The zero-order chi connectivity index (χ0) is 12.7. The van der Waals surface area contributed by atoms with Gasteiger partial charge in [0.1, 0.15) is 0 Å². The second kappa shape index (κ2) is 7.31. The molecule has 0 radical (unpaired) electrons. The number of rotatable bonds is 8. The van der Waals surface area contributed by atoms with Gasteiger partial charge in [0.15, 0.2) is 0 Å². The smallest absolute Gasteiger partial charge is 0.212 e. The Morgan fingerprint density at radius 2 is 2.24 bits per heavy atom. The number of nitrogens with one attached hydrogen (secondary N) is 3. The Morgan fingerprint density at radius 1 is 1.47 bits per heavy atom. The molecular weight excluding hydrogens is 238 g/mol. The normalized spacial score (nSPS) is 22.8. The summed E-state index contributed by atoms with van der Waals surface area (Å²) in [4.78, 5) is 0. The van der Waals surface area contributed by atoms with Crippen molar-refractivity contribution in [2.75, 3.05) is 25.4 Å². The average molecular weight is 263 g/mol. The van der Waals surface area contributed by atoms with Crippen molar-refractivity contribution in [2.24, 2.45) is 0 Å². The first-order valence-corrected chi connectivity index (χ1v) is 8.13. The largest absolute Gasteiger partial charge is 0.314 e. The summed E-state index contributed by atoms with van der Waals surface area (Å²) in [6, 6.07) is 0.963. The van der Waals surface area contributed by atoms with E-state index in [4.69, 9.17) is 0 Å². The van der Waals surface area contributed by atoms with Crippen LogP contribution in [0, 0.1) is 0 Å². The lowest BCUT2D eigenvalue weighted by molar-refractivity contribution is 0.448. The van der Waals surface area contributed by atoms with E-state index in [2.05, 4.69) is 22.3 Å². The first kappa shape index (κ1) is 14.9. The Balaban J connectivity index is 2.13. The van der Waals surface area contributed by atoms with E-state index >= 15 is 0 Å². The SMILES string of the molecule is CCNS(=O)(=O)CCNC(C)CC1CCCN1. The fourth-order valence-corrected chi connectivity index (χ4v) is 3.17. The van der Waals surface area contributed by atoms with Crippen molar-refractivity contribution in [3.63, 3.8) is 0 Å². The molecule has 0 aromatic heterocycles. The molecule has 0 amide bonds. The zero-order valence-electron chi connectivity index (χ0n) is 10.8. The maximum Gasteiger partial charge on any atom is 0.212 e. The molecule has 1 aliphatic rings. The second-order valence-corrected chi connectivity index (χ2v) is 6.63. The van der Waals surface area contributed by atoms with E-state index in [9.17, 15) is 8.42 Å². The summed E-state index contributed by atoms with van der Waals surface area (Å²) in [5.41, 5.74) is 0. The summed E-state index contributed by atoms with van der Waals surface area (Å²) >= 11 is 0. The van der Waals surface area contributed by atoms with Gasteiger partial charge in [0.2, 0.25) is 10.0 Å². The highest BCUT2D eigenvalue weighted by molar-refractivity contribution is 7.89. The summed E-state index contributed by atoms with van der Waals surface area (Å²) in [6.07, 6.45) is 3.56. The highest BCUT2D eigenvalue weighted by Crippen LogP contribution is 2.10. The lowest BCUT2D eigenvalue weighted by Gasteiger charge is -2.18. The Morgan fingerprint density at radius 3 is 2.82 bits per heavy atom. The van der Waals surface area contributed by atoms with Crippen molar-refractivity contribution in [1.82, 2.24) is 15.4 Å². The quantitative estimate of drug-likeness (QED) is 0.578. The van der Waals surface area contributed by atoms with Gasteiger partial charge in [-0.2, -0.15) is 0 Å². The van der Waals surface area contributed by atoms with Crippen LogP contribution in [0.1, 0.15) is 33.1 Å². The van der Waals surface area contributed by atoms with Crippen molar-refractivity contribution in [2.45, 2.75) is 45.2 Å². The molecule has 17 heavy (non-hydrogen) atoms. The molecule has 1 fully saturated rings. The first-order valence-electron chi connectivity index (χ1n) is 6.47. The predicted molar refractivity (Wildman–Crippen MR) is 70.6 cm³/mol. The minimum atomic E-state index is -3.08. The van der Waals surface area contributed by atoms with Gasteiger partial charge in [-0.3, -0.25) is 0 Å². The fraction of sp³-hybridized carbons (Fsp3) is 1.00. The van der Waals surface area contributed by atoms with E-state index in [-0.39, 0.29) is 5.75 Å². The zero-order valence-corrected chi connectivity index (χ0v) is 11.6. The number of sulfonamides is 1. The molecule has 0 aromatic carbocycles. The molecule has 102 valence electrons. The van der Waals surface area contributed by atoms with E-state index in [0.717, 1.165) is 13.0 Å². The van der Waals surface area contributed by atoms with Gasteiger partial charge in [0.05, 0.1) is 5.75 Å². The summed E-state index contributed by atoms with van der Waals surface area (Å²) < 4.78 is 25.3. The lowest BCUT2D eigenvalue weighted by atomic mass is 10.1. The molecular formula is C11H25N3O2S. The van der Waals surface area contributed by atoms with Gasteiger partial charge in [-0.1, -0.05) is 6.92 Å². The highest BCUT2D eigenvalue weighted by atomic mass is 32.2. The minimum absolute atomic E-state index is 0.156. The average Bonchev–Trinajstić information content (AvgIpc) is 2.69. The Bertz CT molecular complexity index is 300. The maximum atomic E-state index is 11.4. The van der Waals surface area contributed by atoms with Crippen LogP contribution in [0.2, 0.25) is 0 Å². The molecule has 3 N–H and O–H groups in total. The molecule has 5 nitrogen and oxygen atoms in total. The summed E-state index contributed by atoms with van der Waals surface area (Å²) in [7, 11) is -3.08. The van der Waals surface area contributed by atoms with Crippen LogP contribution in [0.3, 0.4) is 0 Å². The first-order chi connectivity index (χ1) is 8.03. The summed E-state index contributed by atoms with van der Waals surface area (Å²) in [5, 5.41) is 6.71. The lowest BCUT2D eigenvalue weighted by Crippen LogP contribution is -2.38. The van der Waals surface area contributed by atoms with Crippen molar-refractivity contribution < 1.29 is 8.42 Å². The van der Waals surface area contributed by atoms with Gasteiger partial charge >= 0.3 is 0 Å². The third kappa shape index (κ3) is 6.35. The minimum Gasteiger partial charge on any atom is -0.314 e. The molecule has 2 atom stereocenters. The van der Waals surface area contributed by atoms with E-state index in [1.165, 1.54) is 12.8 Å². The van der Waals surface area contributed by atoms with Gasteiger partial charge in [-0.05, 0) is 32.7 Å². The van der Waals surface area contributed by atoms with Crippen molar-refractivity contribution >= 4 is 10.0 Å². The fourth-order valence-electron chi connectivity index (χ4n) is 2.20. The Hall–Kier alpha value is -0.170. The molecule has 0 bridgehead atoms. The van der Waals surface area contributed by atoms with E-state index in [1.807, 2.05) is 0 Å². The maximum absolute atomic E-state index is 11.4. The Kier molecular flexibility index (Phi) is 6.40. The molecule has 1 saturated heterocycles. The van der Waals surface area contributed by atoms with Crippen molar-refractivity contribution in [1.29, 1.82) is 0 Å². The second-order valence-electron chi connectivity index (χ2n) is 4.70. The van der Waals surface area contributed by atoms with Crippen LogP contribution in [0.5, 0.6) is 0 Å². The summed E-state index contributed by atoms with van der Waals surface area (Å²) in [5.74, 6) is 0.156. The third-order valence-electron chi connectivity index (χ3n) is 3.03. The molecule has 2 unspecified atom stereocenters. The third-order valence-corrected chi connectivity index (χ3v) is 4.50. The van der Waals surface area contributed by atoms with Crippen LogP contribution in [0.25, 0.3) is 0 Å². The van der Waals surface area contributed by atoms with Gasteiger partial charge in [0, 0.05) is 25.2 Å². The van der Waals surface area contributed by atoms with Gasteiger partial charge in [-0.15, -0.1) is 0 Å². The summed E-state index contributed by atoms with van der Waals surface area (Å²) in [6.45, 7) is 6.00. The molecule has 1 heterocycles. The van der Waals surface area contributed by atoms with Gasteiger partial charge < -0.3 is 10.6 Å². The Labute approximate surface area is 105 Å². The molecule has 0 aliphatic carbocycles. The van der Waals surface area contributed by atoms with E-state index in [0.29, 0.717) is 25.2 Å². The molecule has 1 aliphatic heterocycles. The van der Waals surface area contributed by atoms with E-state index < -0.39 is 10.0 Å². The van der Waals surface area contributed by atoms with Crippen LogP contribution >= 0.6 is 0 Å². The van der Waals surface area contributed by atoms with Crippen LogP contribution in [-0.4, -0.2) is 45.9 Å². The standard InChI is InChI=1S/C11H25N3O2S/c1-3-14-17(15,16)8-7-12-10(2)9-11-5-4-6-13-11/h10-14H,3-9H2,1-2H3. The molecule has 0 saturated carbocycles. The molecule has 0 aromatic rings. The van der Waals surface area contributed by atoms with Gasteiger partial charge in [-0.25, -0.2) is 13.1 Å². The van der Waals surface area contributed by atoms with Crippen molar-refractivity contribution in [3.8, 4) is 0 Å². The van der Waals surface area contributed by atoms with Crippen LogP contribution in [-0.2, 0) is 10.0 Å². The monoisotopic (exact) mass is 263 g/mol. The molecule has 1 rings (SSSR count). The highest BCUT2D eigenvalue weighted by Gasteiger charge is 2.17. The van der Waals surface area contributed by atoms with Crippen LogP contribution in [0.4, 0.5) is 0 Å². The number of hydrogen-bond acceptors (Lipinski definition) is 4. The molecule has 0 spiro atoms. The van der Waals surface area contributed by atoms with Crippen molar-refractivity contribution in [3.05, 3.63) is 0 Å². The van der Waals surface area contributed by atoms with Crippen LogP contribution in [0.15, 0.2) is 0 Å². The van der Waals surface area contributed by atoms with E-state index in [1.54, 1.807) is 6.92 Å². The molecule has 6 heteroatoms. The van der Waals surface area contributed by atoms with Crippen LogP contribution < -0.4 is 15.4 Å². The number of hydrogen-bond donors (Lipinski definition) is 3. The van der Waals surface area contributed by atoms with Gasteiger partial charge in [0.25, 0.3) is 0 Å². The topological polar surface area (TPSA) is 70.2 Å².